The van der Waals surface area contributed by atoms with E-state index in [9.17, 15) is 14.7 Å². The van der Waals surface area contributed by atoms with Crippen LogP contribution >= 0.6 is 0 Å². The maximum atomic E-state index is 12.2. The second-order valence-corrected chi connectivity index (χ2v) is 5.45. The van der Waals surface area contributed by atoms with Crippen molar-refractivity contribution in [1.82, 2.24) is 5.32 Å². The summed E-state index contributed by atoms with van der Waals surface area (Å²) in [6, 6.07) is 8.59. The van der Waals surface area contributed by atoms with Gasteiger partial charge in [0.05, 0.1) is 5.56 Å². The van der Waals surface area contributed by atoms with Crippen molar-refractivity contribution in [2.75, 3.05) is 0 Å². The van der Waals surface area contributed by atoms with Crippen molar-refractivity contribution < 1.29 is 19.4 Å². The molecule has 1 atom stereocenters. The molecule has 116 valence electrons. The molecule has 1 aromatic rings. The molecule has 6 nitrogen and oxygen atoms in total. The first-order chi connectivity index (χ1) is 10.5. The molecular weight excluding hydrogens is 284 g/mol. The number of para-hydroxylation sites is 1. The molecule has 2 N–H and O–H groups in total. The third-order valence-corrected chi connectivity index (χ3v) is 3.91. The van der Waals surface area contributed by atoms with E-state index in [4.69, 9.17) is 10.00 Å². The topological polar surface area (TPSA) is 99.4 Å². The van der Waals surface area contributed by atoms with Crippen molar-refractivity contribution in [1.29, 1.82) is 5.26 Å². The smallest absolute Gasteiger partial charge is 0.329 e. The molecule has 1 aromatic carbocycles. The van der Waals surface area contributed by atoms with Gasteiger partial charge < -0.3 is 15.2 Å². The minimum Gasteiger partial charge on any atom is -0.480 e. The van der Waals surface area contributed by atoms with Crippen LogP contribution < -0.4 is 10.1 Å². The highest BCUT2D eigenvalue weighted by Gasteiger charge is 2.43. The van der Waals surface area contributed by atoms with Crippen LogP contribution in [0.2, 0.25) is 0 Å². The maximum absolute atomic E-state index is 12.2. The Labute approximate surface area is 128 Å². The van der Waals surface area contributed by atoms with E-state index in [1.807, 2.05) is 6.07 Å². The number of amides is 1. The van der Waals surface area contributed by atoms with Gasteiger partial charge in [0, 0.05) is 0 Å². The van der Waals surface area contributed by atoms with Crippen LogP contribution in [0, 0.1) is 11.3 Å². The van der Waals surface area contributed by atoms with E-state index in [1.165, 1.54) is 6.92 Å². The van der Waals surface area contributed by atoms with Crippen LogP contribution in [0.4, 0.5) is 0 Å². The molecule has 0 heterocycles. The van der Waals surface area contributed by atoms with E-state index in [1.54, 1.807) is 24.3 Å². The molecule has 0 aliphatic heterocycles. The number of carboxylic acid groups (broad SMARTS) is 1. The number of benzene rings is 1. The number of carboxylic acids is 1. The molecule has 2 rings (SSSR count). The molecule has 1 aliphatic carbocycles. The fourth-order valence-electron chi connectivity index (χ4n) is 2.61. The Morgan fingerprint density at radius 2 is 2.00 bits per heavy atom. The molecule has 1 saturated carbocycles. The molecule has 1 aliphatic rings. The van der Waals surface area contributed by atoms with Gasteiger partial charge in [-0.1, -0.05) is 25.0 Å². The number of nitrogens with zero attached hydrogens (tertiary/aromatic N) is 1. The van der Waals surface area contributed by atoms with Crippen LogP contribution in [0.1, 0.15) is 38.2 Å². The minimum atomic E-state index is -1.19. The van der Waals surface area contributed by atoms with Crippen LogP contribution in [0.3, 0.4) is 0 Å². The van der Waals surface area contributed by atoms with Gasteiger partial charge in [0.15, 0.2) is 6.10 Å². The lowest BCUT2D eigenvalue weighted by Gasteiger charge is -2.27. The third-order valence-electron chi connectivity index (χ3n) is 3.91. The number of aliphatic carboxylic acids is 1. The van der Waals surface area contributed by atoms with Crippen LogP contribution in [0.15, 0.2) is 24.3 Å². The average Bonchev–Trinajstić information content (AvgIpc) is 2.97. The van der Waals surface area contributed by atoms with Gasteiger partial charge in [-0.2, -0.15) is 5.26 Å². The number of nitriles is 1. The van der Waals surface area contributed by atoms with Gasteiger partial charge in [-0.25, -0.2) is 4.79 Å². The number of ether oxygens (including phenoxy) is 1. The summed E-state index contributed by atoms with van der Waals surface area (Å²) in [7, 11) is 0. The fourth-order valence-corrected chi connectivity index (χ4v) is 2.61. The summed E-state index contributed by atoms with van der Waals surface area (Å²) in [5.41, 5.74) is -0.861. The second kappa shape index (κ2) is 6.48. The summed E-state index contributed by atoms with van der Waals surface area (Å²) in [5, 5.41) is 21.0. The van der Waals surface area contributed by atoms with Crippen molar-refractivity contribution >= 4 is 11.9 Å². The van der Waals surface area contributed by atoms with Gasteiger partial charge in [-0.15, -0.1) is 0 Å². The number of carbonyl (C=O) groups is 2. The van der Waals surface area contributed by atoms with Crippen molar-refractivity contribution in [2.24, 2.45) is 0 Å². The highest BCUT2D eigenvalue weighted by molar-refractivity contribution is 5.89. The zero-order valence-corrected chi connectivity index (χ0v) is 12.3. The van der Waals surface area contributed by atoms with Gasteiger partial charge >= 0.3 is 5.97 Å². The minimum absolute atomic E-state index is 0.309. The number of nitrogens with one attached hydrogen (secondary N) is 1. The van der Waals surface area contributed by atoms with Crippen LogP contribution in [0.5, 0.6) is 5.75 Å². The summed E-state index contributed by atoms with van der Waals surface area (Å²) in [6.07, 6.45) is 1.52. The standard InChI is InChI=1S/C16H18N2O4/c1-11(22-13-7-3-2-6-12(13)10-17)14(19)18-16(15(20)21)8-4-5-9-16/h2-3,6-7,11H,4-5,8-9H2,1H3,(H,18,19)(H,20,21). The van der Waals surface area contributed by atoms with Crippen molar-refractivity contribution in [3.63, 3.8) is 0 Å². The quantitative estimate of drug-likeness (QED) is 0.864. The van der Waals surface area contributed by atoms with Gasteiger partial charge in [-0.05, 0) is 31.9 Å². The van der Waals surface area contributed by atoms with E-state index in [0.29, 0.717) is 24.2 Å². The Kier molecular flexibility index (Phi) is 4.66. The fraction of sp³-hybridized carbons (Fsp3) is 0.438. The molecule has 0 saturated heterocycles. The Balaban J connectivity index is 2.06. The average molecular weight is 302 g/mol. The lowest BCUT2D eigenvalue weighted by molar-refractivity contribution is -0.148. The van der Waals surface area contributed by atoms with Crippen LogP contribution in [0.25, 0.3) is 0 Å². The molecular formula is C16H18N2O4. The molecule has 0 aromatic heterocycles. The molecule has 6 heteroatoms. The van der Waals surface area contributed by atoms with Gasteiger partial charge in [0.1, 0.15) is 17.4 Å². The third kappa shape index (κ3) is 3.19. The Morgan fingerprint density at radius 1 is 1.36 bits per heavy atom. The van der Waals surface area contributed by atoms with E-state index in [2.05, 4.69) is 5.32 Å². The van der Waals surface area contributed by atoms with E-state index in [0.717, 1.165) is 12.8 Å². The Bertz CT molecular complexity index is 615. The zero-order valence-electron chi connectivity index (χ0n) is 12.3. The summed E-state index contributed by atoms with van der Waals surface area (Å²) in [5.74, 6) is -1.19. The number of hydrogen-bond acceptors (Lipinski definition) is 4. The van der Waals surface area contributed by atoms with Crippen molar-refractivity contribution in [3.05, 3.63) is 29.8 Å². The summed E-state index contributed by atoms with van der Waals surface area (Å²) in [6.45, 7) is 1.54. The summed E-state index contributed by atoms with van der Waals surface area (Å²) in [4.78, 5) is 23.7. The largest absolute Gasteiger partial charge is 0.480 e. The highest BCUT2D eigenvalue weighted by atomic mass is 16.5. The van der Waals surface area contributed by atoms with Gasteiger partial charge in [0.2, 0.25) is 0 Å². The van der Waals surface area contributed by atoms with E-state index < -0.39 is 23.5 Å². The highest BCUT2D eigenvalue weighted by Crippen LogP contribution is 2.30. The van der Waals surface area contributed by atoms with Crippen LogP contribution in [-0.2, 0) is 9.59 Å². The predicted molar refractivity (Wildman–Crippen MR) is 78.2 cm³/mol. The lowest BCUT2D eigenvalue weighted by Crippen LogP contribution is -2.55. The molecule has 0 spiro atoms. The first-order valence-electron chi connectivity index (χ1n) is 7.20. The predicted octanol–water partition coefficient (Wildman–Crippen LogP) is 1.84. The number of hydrogen-bond donors (Lipinski definition) is 2. The Morgan fingerprint density at radius 3 is 2.59 bits per heavy atom. The molecule has 0 bridgehead atoms. The number of rotatable bonds is 5. The second-order valence-electron chi connectivity index (χ2n) is 5.45. The van der Waals surface area contributed by atoms with E-state index >= 15 is 0 Å². The summed E-state index contributed by atoms with van der Waals surface area (Å²) < 4.78 is 5.51. The van der Waals surface area contributed by atoms with Gasteiger partial charge in [0.25, 0.3) is 5.91 Å². The van der Waals surface area contributed by atoms with E-state index in [-0.39, 0.29) is 0 Å². The molecule has 1 amide bonds. The summed E-state index contributed by atoms with van der Waals surface area (Å²) >= 11 is 0. The number of carbonyl (C=O) groups excluding carboxylic acids is 1. The molecule has 1 fully saturated rings. The van der Waals surface area contributed by atoms with Crippen molar-refractivity contribution in [2.45, 2.75) is 44.2 Å². The SMILES string of the molecule is CC(Oc1ccccc1C#N)C(=O)NC1(C(=O)O)CCCC1. The Hall–Kier alpha value is -2.55. The molecule has 22 heavy (non-hydrogen) atoms. The zero-order chi connectivity index (χ0) is 16.2. The van der Waals surface area contributed by atoms with Gasteiger partial charge in [-0.3, -0.25) is 4.79 Å². The maximum Gasteiger partial charge on any atom is 0.329 e. The van der Waals surface area contributed by atoms with Crippen molar-refractivity contribution in [3.8, 4) is 11.8 Å². The molecule has 1 unspecified atom stereocenters. The van der Waals surface area contributed by atoms with Crippen LogP contribution in [-0.4, -0.2) is 28.6 Å². The first kappa shape index (κ1) is 15.8. The molecule has 0 radical (unpaired) electrons. The normalized spacial score (nSPS) is 17.3. The first-order valence-corrected chi connectivity index (χ1v) is 7.20. The monoisotopic (exact) mass is 302 g/mol. The lowest BCUT2D eigenvalue weighted by atomic mass is 9.97.